The van der Waals surface area contributed by atoms with Gasteiger partial charge in [0.1, 0.15) is 0 Å². The molecule has 0 fully saturated rings. The number of hydrogen-bond acceptors (Lipinski definition) is 6. The molecule has 158 valence electrons. The molecule has 7 heteroatoms. The molecule has 0 spiro atoms. The van der Waals surface area contributed by atoms with Gasteiger partial charge in [0.15, 0.2) is 11.5 Å². The van der Waals surface area contributed by atoms with E-state index in [-0.39, 0.29) is 11.8 Å². The first kappa shape index (κ1) is 21.5. The molecule has 30 heavy (non-hydrogen) atoms. The first-order valence-corrected chi connectivity index (χ1v) is 9.81. The molecule has 0 aliphatic carbocycles. The highest BCUT2D eigenvalue weighted by atomic mass is 16.5. The van der Waals surface area contributed by atoms with Gasteiger partial charge in [-0.3, -0.25) is 14.6 Å². The lowest BCUT2D eigenvalue weighted by molar-refractivity contribution is -0.118. The number of ether oxygens (including phenoxy) is 2. The Morgan fingerprint density at radius 2 is 1.80 bits per heavy atom. The maximum atomic E-state index is 13.4. The van der Waals surface area contributed by atoms with E-state index in [9.17, 15) is 9.59 Å². The number of methoxy groups -OCH3 is 2. The highest BCUT2D eigenvalue weighted by molar-refractivity contribution is 6.29. The Balaban J connectivity index is 1.95. The quantitative estimate of drug-likeness (QED) is 0.381. The summed E-state index contributed by atoms with van der Waals surface area (Å²) in [5.41, 5.74) is 1.61. The highest BCUT2D eigenvalue weighted by Gasteiger charge is 2.39. The van der Waals surface area contributed by atoms with Crippen molar-refractivity contribution < 1.29 is 19.1 Å². The zero-order chi connectivity index (χ0) is 21.7. The molecule has 7 nitrogen and oxygen atoms in total. The molecule has 1 unspecified atom stereocenters. The maximum Gasteiger partial charge on any atom is 0.265 e. The van der Waals surface area contributed by atoms with Gasteiger partial charge in [0.25, 0.3) is 5.91 Å². The van der Waals surface area contributed by atoms with Gasteiger partial charge in [0.05, 0.1) is 25.8 Å². The van der Waals surface area contributed by atoms with Gasteiger partial charge in [0, 0.05) is 24.4 Å². The minimum absolute atomic E-state index is 0.331. The van der Waals surface area contributed by atoms with Crippen molar-refractivity contribution in [3.05, 3.63) is 53.6 Å². The van der Waals surface area contributed by atoms with Gasteiger partial charge in [-0.2, -0.15) is 0 Å². The normalized spacial score (nSPS) is 16.3. The van der Waals surface area contributed by atoms with Gasteiger partial charge < -0.3 is 14.4 Å². The maximum absolute atomic E-state index is 13.4. The van der Waals surface area contributed by atoms with Crippen LogP contribution in [-0.4, -0.2) is 64.3 Å². The minimum Gasteiger partial charge on any atom is -0.493 e. The van der Waals surface area contributed by atoms with Crippen LogP contribution in [0.3, 0.4) is 0 Å². The molecular weight excluding hydrogens is 382 g/mol. The van der Waals surface area contributed by atoms with Crippen LogP contribution in [0.2, 0.25) is 0 Å². The number of aliphatic imine (C=N–C) groups is 1. The molecule has 1 heterocycles. The number of nitrogens with zero attached hydrogens (tertiary/aromatic N) is 3. The number of imide groups is 1. The Morgan fingerprint density at radius 3 is 2.50 bits per heavy atom. The van der Waals surface area contributed by atoms with Gasteiger partial charge in [0.2, 0.25) is 5.91 Å². The lowest BCUT2D eigenvalue weighted by Crippen LogP contribution is -2.45. The zero-order valence-electron chi connectivity index (χ0n) is 17.8. The third-order valence-corrected chi connectivity index (χ3v) is 4.99. The molecule has 0 bridgehead atoms. The van der Waals surface area contributed by atoms with Crippen molar-refractivity contribution in [3.63, 3.8) is 0 Å². The Bertz CT molecular complexity index is 955. The number of fused-ring (bicyclic) bond motifs is 1. The molecule has 3 rings (SSSR count). The average molecular weight is 409 g/mol. The van der Waals surface area contributed by atoms with Crippen molar-refractivity contribution in [2.24, 2.45) is 4.99 Å². The largest absolute Gasteiger partial charge is 0.493 e. The molecule has 0 N–H and O–H groups in total. The summed E-state index contributed by atoms with van der Waals surface area (Å²) in [6, 6.07) is 12.2. The van der Waals surface area contributed by atoms with Crippen molar-refractivity contribution >= 4 is 23.7 Å². The van der Waals surface area contributed by atoms with Crippen LogP contribution in [-0.2, 0) is 4.79 Å². The standard InChI is InChI=1S/C23H27N3O4/c1-25(2)13-7-12-24-15-19-17-8-5-6-9-18(17)22(27)26(23(19)28)16-10-11-20(29-3)21(14-16)30-4/h5-6,8-11,14-15,19H,7,12-13H2,1-4H3. The zero-order valence-corrected chi connectivity index (χ0v) is 17.8. The fourth-order valence-electron chi connectivity index (χ4n) is 3.47. The van der Waals surface area contributed by atoms with E-state index in [0.29, 0.717) is 34.9 Å². The van der Waals surface area contributed by atoms with Crippen molar-refractivity contribution in [2.75, 3.05) is 46.3 Å². The van der Waals surface area contributed by atoms with E-state index in [1.807, 2.05) is 26.2 Å². The number of benzene rings is 2. The van der Waals surface area contributed by atoms with Gasteiger partial charge in [-0.15, -0.1) is 0 Å². The molecular formula is C23H27N3O4. The molecule has 0 saturated heterocycles. The summed E-state index contributed by atoms with van der Waals surface area (Å²) in [6.07, 6.45) is 2.56. The average Bonchev–Trinajstić information content (AvgIpc) is 2.75. The van der Waals surface area contributed by atoms with E-state index in [1.54, 1.807) is 36.5 Å². The van der Waals surface area contributed by atoms with Crippen molar-refractivity contribution in [2.45, 2.75) is 12.3 Å². The monoisotopic (exact) mass is 409 g/mol. The second-order valence-electron chi connectivity index (χ2n) is 7.30. The molecule has 2 aromatic rings. The third-order valence-electron chi connectivity index (χ3n) is 4.99. The van der Waals surface area contributed by atoms with Crippen molar-refractivity contribution in [3.8, 4) is 11.5 Å². The Kier molecular flexibility index (Phi) is 6.84. The Labute approximate surface area is 176 Å². The van der Waals surface area contributed by atoms with E-state index in [0.717, 1.165) is 13.0 Å². The van der Waals surface area contributed by atoms with E-state index in [4.69, 9.17) is 9.47 Å². The number of carbonyl (C=O) groups excluding carboxylic acids is 2. The van der Waals surface area contributed by atoms with Gasteiger partial charge in [-0.1, -0.05) is 18.2 Å². The smallest absolute Gasteiger partial charge is 0.265 e. The first-order valence-electron chi connectivity index (χ1n) is 9.81. The minimum atomic E-state index is -0.619. The summed E-state index contributed by atoms with van der Waals surface area (Å²) < 4.78 is 10.6. The number of anilines is 1. The van der Waals surface area contributed by atoms with Crippen LogP contribution in [0.4, 0.5) is 5.69 Å². The molecule has 0 radical (unpaired) electrons. The fraction of sp³-hybridized carbons (Fsp3) is 0.348. The van der Waals surface area contributed by atoms with Gasteiger partial charge in [-0.25, -0.2) is 4.90 Å². The summed E-state index contributed by atoms with van der Waals surface area (Å²) in [5.74, 6) is -0.338. The molecule has 1 aliphatic rings. The molecule has 2 amide bonds. The lowest BCUT2D eigenvalue weighted by Gasteiger charge is -2.31. The molecule has 1 atom stereocenters. The Morgan fingerprint density at radius 1 is 1.07 bits per heavy atom. The molecule has 0 aromatic heterocycles. The SMILES string of the molecule is COc1ccc(N2C(=O)c3ccccc3C(C=NCCCN(C)C)C2=O)cc1OC. The first-order chi connectivity index (χ1) is 14.5. The van der Waals surface area contributed by atoms with Crippen molar-refractivity contribution in [1.29, 1.82) is 0 Å². The van der Waals surface area contributed by atoms with Crippen LogP contribution in [0.25, 0.3) is 0 Å². The van der Waals surface area contributed by atoms with Crippen LogP contribution in [0.1, 0.15) is 28.3 Å². The van der Waals surface area contributed by atoms with Crippen LogP contribution in [0.5, 0.6) is 11.5 Å². The summed E-state index contributed by atoms with van der Waals surface area (Å²) in [4.78, 5) is 34.3. The van der Waals surface area contributed by atoms with E-state index < -0.39 is 5.92 Å². The van der Waals surface area contributed by atoms with E-state index in [1.165, 1.54) is 19.1 Å². The van der Waals surface area contributed by atoms with Gasteiger partial charge in [-0.05, 0) is 50.8 Å². The summed E-state index contributed by atoms with van der Waals surface area (Å²) in [7, 11) is 7.07. The number of carbonyl (C=O) groups is 2. The third kappa shape index (κ3) is 4.36. The van der Waals surface area contributed by atoms with Crippen LogP contribution in [0, 0.1) is 0 Å². The van der Waals surface area contributed by atoms with Crippen LogP contribution < -0.4 is 14.4 Å². The molecule has 0 saturated carbocycles. The predicted octanol–water partition coefficient (Wildman–Crippen LogP) is 3.00. The summed E-state index contributed by atoms with van der Waals surface area (Å²) >= 11 is 0. The van der Waals surface area contributed by atoms with E-state index in [2.05, 4.69) is 9.89 Å². The second-order valence-corrected chi connectivity index (χ2v) is 7.30. The van der Waals surface area contributed by atoms with E-state index >= 15 is 0 Å². The lowest BCUT2D eigenvalue weighted by atomic mass is 9.89. The van der Waals surface area contributed by atoms with Crippen molar-refractivity contribution in [1.82, 2.24) is 4.90 Å². The number of rotatable bonds is 8. The summed E-state index contributed by atoms with van der Waals surface area (Å²) in [6.45, 7) is 1.54. The predicted molar refractivity (Wildman–Crippen MR) is 117 cm³/mol. The molecule has 1 aliphatic heterocycles. The fourth-order valence-corrected chi connectivity index (χ4v) is 3.47. The number of amides is 2. The van der Waals surface area contributed by atoms with Crippen LogP contribution >= 0.6 is 0 Å². The molecule has 2 aromatic carbocycles. The Hall–Kier alpha value is -3.19. The van der Waals surface area contributed by atoms with Crippen LogP contribution in [0.15, 0.2) is 47.5 Å². The topological polar surface area (TPSA) is 71.4 Å². The number of hydrogen-bond donors (Lipinski definition) is 0. The summed E-state index contributed by atoms with van der Waals surface area (Å²) in [5, 5.41) is 0. The second kappa shape index (κ2) is 9.54. The highest BCUT2D eigenvalue weighted by Crippen LogP contribution is 2.36. The van der Waals surface area contributed by atoms with Gasteiger partial charge >= 0.3 is 0 Å².